The van der Waals surface area contributed by atoms with E-state index >= 15 is 0 Å². The molecule has 1 unspecified atom stereocenters. The molecule has 0 spiro atoms. The molecule has 1 aliphatic heterocycles. The quantitative estimate of drug-likeness (QED) is 0.934. The van der Waals surface area contributed by atoms with Gasteiger partial charge < -0.3 is 14.8 Å². The first-order chi connectivity index (χ1) is 11.6. The second-order valence-electron chi connectivity index (χ2n) is 5.67. The molecule has 1 N–H and O–H groups in total. The van der Waals surface area contributed by atoms with Crippen LogP contribution in [-0.2, 0) is 6.42 Å². The van der Waals surface area contributed by atoms with Crippen LogP contribution in [0.2, 0.25) is 0 Å². The molecular weight excluding hydrogens is 304 g/mol. The second kappa shape index (κ2) is 6.63. The molecule has 1 heterocycles. The van der Waals surface area contributed by atoms with Crippen molar-refractivity contribution < 1.29 is 14.3 Å². The highest BCUT2D eigenvalue weighted by molar-refractivity contribution is 6.05. The molecule has 1 aliphatic rings. The number of nitriles is 1. The van der Waals surface area contributed by atoms with Gasteiger partial charge in [-0.05, 0) is 38.1 Å². The smallest absolute Gasteiger partial charge is 0.255 e. The highest BCUT2D eigenvalue weighted by Gasteiger charge is 2.22. The van der Waals surface area contributed by atoms with E-state index in [0.29, 0.717) is 29.2 Å². The minimum atomic E-state index is -0.293. The number of benzene rings is 2. The first-order valence-electron chi connectivity index (χ1n) is 7.88. The summed E-state index contributed by atoms with van der Waals surface area (Å²) in [7, 11) is 0. The van der Waals surface area contributed by atoms with Crippen LogP contribution in [0.25, 0.3) is 0 Å². The summed E-state index contributed by atoms with van der Waals surface area (Å²) < 4.78 is 11.4. The van der Waals surface area contributed by atoms with Crippen LogP contribution >= 0.6 is 0 Å². The van der Waals surface area contributed by atoms with Crippen LogP contribution in [0.5, 0.6) is 11.5 Å². The first-order valence-corrected chi connectivity index (χ1v) is 7.88. The lowest BCUT2D eigenvalue weighted by atomic mass is 10.1. The van der Waals surface area contributed by atoms with Crippen molar-refractivity contribution in [2.75, 3.05) is 11.9 Å². The molecule has 5 nitrogen and oxygen atoms in total. The number of amides is 1. The van der Waals surface area contributed by atoms with Crippen LogP contribution < -0.4 is 14.8 Å². The van der Waals surface area contributed by atoms with Gasteiger partial charge in [0.25, 0.3) is 5.91 Å². The molecule has 0 aromatic heterocycles. The molecule has 0 saturated carbocycles. The predicted molar refractivity (Wildman–Crippen MR) is 90.5 cm³/mol. The zero-order chi connectivity index (χ0) is 17.1. The Hall–Kier alpha value is -3.00. The summed E-state index contributed by atoms with van der Waals surface area (Å²) in [4.78, 5) is 12.5. The van der Waals surface area contributed by atoms with Gasteiger partial charge in [0.2, 0.25) is 0 Å². The molecule has 0 aliphatic carbocycles. The van der Waals surface area contributed by atoms with E-state index in [4.69, 9.17) is 14.7 Å². The summed E-state index contributed by atoms with van der Waals surface area (Å²) in [6.07, 6.45) is 0.946. The van der Waals surface area contributed by atoms with Crippen molar-refractivity contribution in [2.24, 2.45) is 0 Å². The molecule has 2 aromatic rings. The molecule has 5 heteroatoms. The van der Waals surface area contributed by atoms with Crippen LogP contribution in [-0.4, -0.2) is 18.6 Å². The monoisotopic (exact) mass is 322 g/mol. The van der Waals surface area contributed by atoms with Crippen molar-refractivity contribution in [2.45, 2.75) is 26.4 Å². The minimum absolute atomic E-state index is 0.118. The van der Waals surface area contributed by atoms with Gasteiger partial charge >= 0.3 is 0 Å². The normalized spacial score (nSPS) is 15.1. The summed E-state index contributed by atoms with van der Waals surface area (Å²) >= 11 is 0. The number of carbonyl (C=O) groups is 1. The molecule has 122 valence electrons. The minimum Gasteiger partial charge on any atom is -0.492 e. The fourth-order valence-corrected chi connectivity index (χ4v) is 2.74. The highest BCUT2D eigenvalue weighted by atomic mass is 16.5. The largest absolute Gasteiger partial charge is 0.492 e. The van der Waals surface area contributed by atoms with Crippen molar-refractivity contribution in [3.05, 3.63) is 53.1 Å². The molecule has 0 radical (unpaired) electrons. The molecule has 3 rings (SSSR count). The Balaban J connectivity index is 1.90. The Morgan fingerprint density at radius 1 is 1.42 bits per heavy atom. The second-order valence-corrected chi connectivity index (χ2v) is 5.67. The Bertz CT molecular complexity index is 824. The van der Waals surface area contributed by atoms with Gasteiger partial charge in [-0.1, -0.05) is 6.07 Å². The van der Waals surface area contributed by atoms with Gasteiger partial charge in [0, 0.05) is 23.6 Å². The first kappa shape index (κ1) is 15.9. The van der Waals surface area contributed by atoms with Gasteiger partial charge in [0.1, 0.15) is 17.6 Å². The molecule has 1 atom stereocenters. The van der Waals surface area contributed by atoms with Gasteiger partial charge in [-0.25, -0.2) is 0 Å². The average Bonchev–Trinajstić information content (AvgIpc) is 2.94. The van der Waals surface area contributed by atoms with Crippen molar-refractivity contribution in [1.82, 2.24) is 0 Å². The zero-order valence-electron chi connectivity index (χ0n) is 13.6. The molecular formula is C19H18N2O3. The van der Waals surface area contributed by atoms with Crippen LogP contribution in [0.1, 0.15) is 35.3 Å². The van der Waals surface area contributed by atoms with Crippen molar-refractivity contribution >= 4 is 11.6 Å². The molecule has 24 heavy (non-hydrogen) atoms. The summed E-state index contributed by atoms with van der Waals surface area (Å²) in [6, 6.07) is 12.3. The van der Waals surface area contributed by atoms with Crippen LogP contribution in [0.3, 0.4) is 0 Å². The molecule has 0 bridgehead atoms. The van der Waals surface area contributed by atoms with Gasteiger partial charge in [-0.15, -0.1) is 0 Å². The number of fused-ring (bicyclic) bond motifs is 1. The maximum Gasteiger partial charge on any atom is 0.255 e. The third kappa shape index (κ3) is 3.18. The standard InChI is InChI=1S/C19H18N2O3/c1-3-23-18-9-15-7-12(2)24-17(15)10-16(18)21-19(22)14-6-4-5-13(8-14)11-20/h4-6,8-10,12H,3,7H2,1-2H3,(H,21,22). The maximum atomic E-state index is 12.5. The van der Waals surface area contributed by atoms with E-state index in [2.05, 4.69) is 5.32 Å². The Morgan fingerprint density at radius 2 is 2.25 bits per heavy atom. The van der Waals surface area contributed by atoms with E-state index in [1.54, 1.807) is 30.3 Å². The van der Waals surface area contributed by atoms with Gasteiger partial charge in [0.15, 0.2) is 0 Å². The van der Waals surface area contributed by atoms with E-state index in [-0.39, 0.29) is 12.0 Å². The molecule has 2 aromatic carbocycles. The Kier molecular flexibility index (Phi) is 4.39. The van der Waals surface area contributed by atoms with E-state index in [1.807, 2.05) is 26.0 Å². The number of carbonyl (C=O) groups excluding carboxylic acids is 1. The average molecular weight is 322 g/mol. The fourth-order valence-electron chi connectivity index (χ4n) is 2.74. The van der Waals surface area contributed by atoms with Gasteiger partial charge in [-0.2, -0.15) is 5.26 Å². The lowest BCUT2D eigenvalue weighted by molar-refractivity contribution is 0.102. The van der Waals surface area contributed by atoms with Gasteiger partial charge in [-0.3, -0.25) is 4.79 Å². The highest BCUT2D eigenvalue weighted by Crippen LogP contribution is 2.38. The lowest BCUT2D eigenvalue weighted by Gasteiger charge is -2.13. The summed E-state index contributed by atoms with van der Waals surface area (Å²) in [6.45, 7) is 4.41. The summed E-state index contributed by atoms with van der Waals surface area (Å²) in [5.41, 5.74) is 2.51. The van der Waals surface area contributed by atoms with Gasteiger partial charge in [0.05, 0.1) is 23.9 Å². The third-order valence-electron chi connectivity index (χ3n) is 3.80. The Morgan fingerprint density at radius 3 is 3.00 bits per heavy atom. The number of ether oxygens (including phenoxy) is 2. The summed E-state index contributed by atoms with van der Waals surface area (Å²) in [5.74, 6) is 1.10. The fraction of sp³-hybridized carbons (Fsp3) is 0.263. The lowest BCUT2D eigenvalue weighted by Crippen LogP contribution is -2.13. The number of anilines is 1. The van der Waals surface area contributed by atoms with E-state index in [9.17, 15) is 4.79 Å². The van der Waals surface area contributed by atoms with Crippen LogP contribution in [0.4, 0.5) is 5.69 Å². The maximum absolute atomic E-state index is 12.5. The van der Waals surface area contributed by atoms with E-state index < -0.39 is 0 Å². The summed E-state index contributed by atoms with van der Waals surface area (Å²) in [5, 5.41) is 11.8. The van der Waals surface area contributed by atoms with Crippen molar-refractivity contribution in [3.8, 4) is 17.6 Å². The topological polar surface area (TPSA) is 71.3 Å². The number of nitrogens with zero attached hydrogens (tertiary/aromatic N) is 1. The number of hydrogen-bond donors (Lipinski definition) is 1. The number of hydrogen-bond acceptors (Lipinski definition) is 4. The zero-order valence-corrected chi connectivity index (χ0v) is 13.6. The third-order valence-corrected chi connectivity index (χ3v) is 3.80. The van der Waals surface area contributed by atoms with Crippen molar-refractivity contribution in [3.63, 3.8) is 0 Å². The molecule has 1 amide bonds. The number of rotatable bonds is 4. The van der Waals surface area contributed by atoms with E-state index in [0.717, 1.165) is 17.7 Å². The van der Waals surface area contributed by atoms with Crippen molar-refractivity contribution in [1.29, 1.82) is 5.26 Å². The Labute approximate surface area is 140 Å². The SMILES string of the molecule is CCOc1cc2c(cc1NC(=O)c1cccc(C#N)c1)OC(C)C2. The predicted octanol–water partition coefficient (Wildman–Crippen LogP) is 3.53. The number of nitrogens with one attached hydrogen (secondary N) is 1. The molecule has 0 saturated heterocycles. The van der Waals surface area contributed by atoms with Crippen LogP contribution in [0, 0.1) is 11.3 Å². The van der Waals surface area contributed by atoms with E-state index in [1.165, 1.54) is 0 Å². The van der Waals surface area contributed by atoms with Crippen LogP contribution in [0.15, 0.2) is 36.4 Å². The molecule has 0 fully saturated rings.